The molecule has 1 amide bonds. The van der Waals surface area contributed by atoms with Crippen LogP contribution in [0.1, 0.15) is 38.2 Å². The molecular weight excluding hydrogens is 436 g/mol. The number of amides is 1. The van der Waals surface area contributed by atoms with Crippen molar-refractivity contribution >= 4 is 12.1 Å². The minimum Gasteiger partial charge on any atom is -0.489 e. The van der Waals surface area contributed by atoms with Gasteiger partial charge in [-0.2, -0.15) is 5.10 Å². The molecule has 0 aromatic heterocycles. The topological polar surface area (TPSA) is 59.9 Å². The summed E-state index contributed by atoms with van der Waals surface area (Å²) in [5.74, 6) is 1.19. The highest BCUT2D eigenvalue weighted by molar-refractivity contribution is 5.95. The molecule has 0 spiro atoms. The van der Waals surface area contributed by atoms with E-state index >= 15 is 0 Å². The zero-order chi connectivity index (χ0) is 24.5. The van der Waals surface area contributed by atoms with Gasteiger partial charge in [0.1, 0.15) is 24.7 Å². The van der Waals surface area contributed by atoms with Crippen molar-refractivity contribution in [3.05, 3.63) is 130 Å². The predicted molar refractivity (Wildman–Crippen MR) is 139 cm³/mol. The van der Waals surface area contributed by atoms with E-state index in [-0.39, 0.29) is 5.91 Å². The summed E-state index contributed by atoms with van der Waals surface area (Å²) in [6.45, 7) is 5.11. The Hall–Kier alpha value is -4.38. The summed E-state index contributed by atoms with van der Waals surface area (Å²) >= 11 is 0. The monoisotopic (exact) mass is 464 g/mol. The van der Waals surface area contributed by atoms with Gasteiger partial charge in [-0.25, -0.2) is 5.43 Å². The van der Waals surface area contributed by atoms with Crippen LogP contribution in [-0.2, 0) is 13.2 Å². The van der Waals surface area contributed by atoms with Crippen LogP contribution in [-0.4, -0.2) is 12.1 Å². The Balaban J connectivity index is 1.23. The molecule has 4 aromatic carbocycles. The third-order valence-electron chi connectivity index (χ3n) is 5.43. The summed E-state index contributed by atoms with van der Waals surface area (Å²) in [6.07, 6.45) is 1.60. The summed E-state index contributed by atoms with van der Waals surface area (Å²) < 4.78 is 11.6. The van der Waals surface area contributed by atoms with E-state index in [9.17, 15) is 4.79 Å². The minimum absolute atomic E-state index is 0.288. The maximum Gasteiger partial charge on any atom is 0.271 e. The molecule has 0 aliphatic rings. The summed E-state index contributed by atoms with van der Waals surface area (Å²) in [5, 5.41) is 4.06. The first-order chi connectivity index (χ1) is 17.0. The minimum atomic E-state index is -0.288. The van der Waals surface area contributed by atoms with E-state index in [1.807, 2.05) is 36.4 Å². The van der Waals surface area contributed by atoms with Gasteiger partial charge in [0, 0.05) is 5.56 Å². The highest BCUT2D eigenvalue weighted by Gasteiger charge is 2.05. The molecule has 0 unspecified atom stereocenters. The lowest BCUT2D eigenvalue weighted by Gasteiger charge is -2.07. The summed E-state index contributed by atoms with van der Waals surface area (Å²) in [5.41, 5.74) is 8.57. The third kappa shape index (κ3) is 7.30. The lowest BCUT2D eigenvalue weighted by atomic mass is 10.2. The number of benzene rings is 4. The molecule has 4 aromatic rings. The fourth-order valence-corrected chi connectivity index (χ4v) is 3.28. The van der Waals surface area contributed by atoms with E-state index in [4.69, 9.17) is 9.47 Å². The number of hydrogen-bond donors (Lipinski definition) is 1. The molecule has 5 heteroatoms. The molecule has 5 nitrogen and oxygen atoms in total. The summed E-state index contributed by atoms with van der Waals surface area (Å²) in [7, 11) is 0. The Labute approximate surface area is 206 Å². The highest BCUT2D eigenvalue weighted by Crippen LogP contribution is 2.16. The van der Waals surface area contributed by atoms with Gasteiger partial charge in [-0.1, -0.05) is 59.7 Å². The van der Waals surface area contributed by atoms with Gasteiger partial charge in [-0.3, -0.25) is 4.79 Å². The van der Waals surface area contributed by atoms with E-state index in [0.29, 0.717) is 24.5 Å². The molecular formula is C30H28N2O3. The van der Waals surface area contributed by atoms with Gasteiger partial charge in [-0.05, 0) is 79.1 Å². The number of nitrogens with one attached hydrogen (secondary N) is 1. The molecule has 176 valence electrons. The normalized spacial score (nSPS) is 10.8. The second-order valence-corrected chi connectivity index (χ2v) is 8.34. The maximum atomic E-state index is 12.4. The molecule has 0 heterocycles. The number of aryl methyl sites for hydroxylation is 2. The van der Waals surface area contributed by atoms with Crippen molar-refractivity contribution in [1.82, 2.24) is 5.43 Å². The van der Waals surface area contributed by atoms with E-state index in [1.165, 1.54) is 11.1 Å². The lowest BCUT2D eigenvalue weighted by Crippen LogP contribution is -2.17. The fraction of sp³-hybridized carbons (Fsp3) is 0.133. The number of hydrazone groups is 1. The van der Waals surface area contributed by atoms with E-state index in [1.54, 1.807) is 30.5 Å². The smallest absolute Gasteiger partial charge is 0.271 e. The first-order valence-corrected chi connectivity index (χ1v) is 11.5. The molecule has 0 saturated heterocycles. The summed E-state index contributed by atoms with van der Waals surface area (Å²) in [4.78, 5) is 12.4. The standard InChI is InChI=1S/C30H28N2O3/c1-22-3-7-25(8-4-22)20-34-28-15-11-24(12-16-28)19-31-32-30(33)27-13-17-29(18-14-27)35-21-26-9-5-23(2)6-10-26/h3-19H,20-21H2,1-2H3,(H,32,33)/b31-19+. The van der Waals surface area contributed by atoms with Crippen molar-refractivity contribution in [2.75, 3.05) is 0 Å². The van der Waals surface area contributed by atoms with Crippen LogP contribution < -0.4 is 14.9 Å². The third-order valence-corrected chi connectivity index (χ3v) is 5.43. The Morgan fingerprint density at radius 2 is 1.14 bits per heavy atom. The van der Waals surface area contributed by atoms with Gasteiger partial charge in [-0.15, -0.1) is 0 Å². The van der Waals surface area contributed by atoms with Gasteiger partial charge in [0.2, 0.25) is 0 Å². The molecule has 0 atom stereocenters. The average Bonchev–Trinajstić information content (AvgIpc) is 2.89. The van der Waals surface area contributed by atoms with Gasteiger partial charge >= 0.3 is 0 Å². The van der Waals surface area contributed by atoms with E-state index < -0.39 is 0 Å². The van der Waals surface area contributed by atoms with Crippen molar-refractivity contribution < 1.29 is 14.3 Å². The van der Waals surface area contributed by atoms with Gasteiger partial charge in [0.15, 0.2) is 0 Å². The second-order valence-electron chi connectivity index (χ2n) is 8.34. The van der Waals surface area contributed by atoms with Crippen LogP contribution in [0.25, 0.3) is 0 Å². The second kappa shape index (κ2) is 11.7. The molecule has 0 radical (unpaired) electrons. The molecule has 1 N–H and O–H groups in total. The Bertz CT molecular complexity index is 1260. The zero-order valence-electron chi connectivity index (χ0n) is 19.9. The van der Waals surface area contributed by atoms with Crippen LogP contribution in [0, 0.1) is 13.8 Å². The van der Waals surface area contributed by atoms with Gasteiger partial charge < -0.3 is 9.47 Å². The predicted octanol–water partition coefficient (Wildman–Crippen LogP) is 6.23. The number of nitrogens with zero attached hydrogens (tertiary/aromatic N) is 1. The van der Waals surface area contributed by atoms with Crippen molar-refractivity contribution in [2.24, 2.45) is 5.10 Å². The molecule has 0 bridgehead atoms. The van der Waals surface area contributed by atoms with Crippen molar-refractivity contribution in [1.29, 1.82) is 0 Å². The van der Waals surface area contributed by atoms with Crippen molar-refractivity contribution in [3.63, 3.8) is 0 Å². The molecule has 0 aliphatic heterocycles. The van der Waals surface area contributed by atoms with Crippen LogP contribution >= 0.6 is 0 Å². The fourth-order valence-electron chi connectivity index (χ4n) is 3.28. The Morgan fingerprint density at radius 3 is 1.63 bits per heavy atom. The van der Waals surface area contributed by atoms with Crippen LogP contribution in [0.4, 0.5) is 0 Å². The van der Waals surface area contributed by atoms with Crippen LogP contribution in [0.3, 0.4) is 0 Å². The maximum absolute atomic E-state index is 12.4. The first kappa shape index (κ1) is 23.8. The number of carbonyl (C=O) groups is 1. The zero-order valence-corrected chi connectivity index (χ0v) is 19.9. The van der Waals surface area contributed by atoms with E-state index in [0.717, 1.165) is 22.4 Å². The Morgan fingerprint density at radius 1 is 0.686 bits per heavy atom. The largest absolute Gasteiger partial charge is 0.489 e. The SMILES string of the molecule is Cc1ccc(COc2ccc(/C=N/NC(=O)c3ccc(OCc4ccc(C)cc4)cc3)cc2)cc1. The van der Waals surface area contributed by atoms with E-state index in [2.05, 4.69) is 60.8 Å². The van der Waals surface area contributed by atoms with Crippen molar-refractivity contribution in [3.8, 4) is 11.5 Å². The number of rotatable bonds is 9. The molecule has 0 saturated carbocycles. The van der Waals surface area contributed by atoms with Gasteiger partial charge in [0.05, 0.1) is 6.21 Å². The molecule has 0 aliphatic carbocycles. The lowest BCUT2D eigenvalue weighted by molar-refractivity contribution is 0.0955. The molecule has 35 heavy (non-hydrogen) atoms. The average molecular weight is 465 g/mol. The van der Waals surface area contributed by atoms with Crippen molar-refractivity contribution in [2.45, 2.75) is 27.1 Å². The molecule has 4 rings (SSSR count). The highest BCUT2D eigenvalue weighted by atomic mass is 16.5. The van der Waals surface area contributed by atoms with Gasteiger partial charge in [0.25, 0.3) is 5.91 Å². The first-order valence-electron chi connectivity index (χ1n) is 11.5. The van der Waals surface area contributed by atoms with Crippen LogP contribution in [0.2, 0.25) is 0 Å². The molecule has 0 fully saturated rings. The number of carbonyl (C=O) groups excluding carboxylic acids is 1. The quantitative estimate of drug-likeness (QED) is 0.236. The summed E-state index contributed by atoms with van der Waals surface area (Å²) in [6, 6.07) is 31.0. The van der Waals surface area contributed by atoms with Crippen LogP contribution in [0.15, 0.2) is 102 Å². The number of ether oxygens (including phenoxy) is 2. The Kier molecular flexibility index (Phi) is 7.92. The van der Waals surface area contributed by atoms with Crippen LogP contribution in [0.5, 0.6) is 11.5 Å². The number of hydrogen-bond acceptors (Lipinski definition) is 4.